The van der Waals surface area contributed by atoms with Gasteiger partial charge in [0.05, 0.1) is 17.3 Å². The molecule has 88 valence electrons. The van der Waals surface area contributed by atoms with Crippen LogP contribution in [0.5, 0.6) is 0 Å². The van der Waals surface area contributed by atoms with Crippen molar-refractivity contribution in [2.45, 2.75) is 13.0 Å². The third kappa shape index (κ3) is 2.53. The number of nitrogens with two attached hydrogens (primary N) is 1. The second kappa shape index (κ2) is 5.31. The third-order valence-corrected chi connectivity index (χ3v) is 2.50. The van der Waals surface area contributed by atoms with E-state index in [4.69, 9.17) is 5.73 Å². The van der Waals surface area contributed by atoms with Crippen molar-refractivity contribution >= 4 is 21.9 Å². The Bertz CT molecular complexity index is 413. The van der Waals surface area contributed by atoms with Gasteiger partial charge in [0.1, 0.15) is 0 Å². The molecule has 1 rings (SSSR count). The summed E-state index contributed by atoms with van der Waals surface area (Å²) in [5, 5.41) is 0. The van der Waals surface area contributed by atoms with Gasteiger partial charge in [-0.1, -0.05) is 0 Å². The van der Waals surface area contributed by atoms with Gasteiger partial charge in [-0.3, -0.25) is 0 Å². The van der Waals surface area contributed by atoms with E-state index in [1.807, 2.05) is 0 Å². The van der Waals surface area contributed by atoms with Crippen LogP contribution in [0, 0.1) is 0 Å². The predicted molar refractivity (Wildman–Crippen MR) is 56.1 cm³/mol. The van der Waals surface area contributed by atoms with Gasteiger partial charge >= 0.3 is 5.97 Å². The number of ether oxygens (including phenoxy) is 1. The molecule has 0 bridgehead atoms. The Kier molecular flexibility index (Phi) is 4.31. The maximum absolute atomic E-state index is 12.6. The van der Waals surface area contributed by atoms with Crippen LogP contribution in [0.15, 0.2) is 10.5 Å². The van der Waals surface area contributed by atoms with Crippen molar-refractivity contribution in [1.29, 1.82) is 0 Å². The fourth-order valence-electron chi connectivity index (χ4n) is 1.13. The number of carbonyl (C=O) groups is 1. The molecule has 0 unspecified atom stereocenters. The van der Waals surface area contributed by atoms with Gasteiger partial charge in [0.2, 0.25) is 0 Å². The van der Waals surface area contributed by atoms with Crippen LogP contribution in [0.4, 0.5) is 8.78 Å². The molecule has 1 aromatic heterocycles. The Labute approximate surface area is 98.9 Å². The molecule has 0 aromatic carbocycles. The zero-order valence-corrected chi connectivity index (χ0v) is 9.92. The Balaban J connectivity index is 3.31. The van der Waals surface area contributed by atoms with Gasteiger partial charge in [-0.2, -0.15) is 0 Å². The van der Waals surface area contributed by atoms with E-state index in [2.05, 4.69) is 25.7 Å². The molecular formula is C9H9BrF2N2O2. The van der Waals surface area contributed by atoms with E-state index in [1.54, 1.807) is 0 Å². The maximum Gasteiger partial charge on any atom is 0.357 e. The van der Waals surface area contributed by atoms with E-state index in [0.717, 1.165) is 6.07 Å². The lowest BCUT2D eigenvalue weighted by atomic mass is 10.1. The molecule has 16 heavy (non-hydrogen) atoms. The molecule has 2 N–H and O–H groups in total. The summed E-state index contributed by atoms with van der Waals surface area (Å²) in [7, 11) is 1.18. The number of hydrogen-bond donors (Lipinski definition) is 1. The van der Waals surface area contributed by atoms with Crippen molar-refractivity contribution in [1.82, 2.24) is 4.98 Å². The molecule has 0 saturated carbocycles. The Hall–Kier alpha value is -1.08. The summed E-state index contributed by atoms with van der Waals surface area (Å²) in [5.74, 6) is -0.706. The molecule has 0 spiro atoms. The number of alkyl halides is 2. The number of nitrogens with zero attached hydrogens (tertiary/aromatic N) is 1. The zero-order valence-electron chi connectivity index (χ0n) is 8.34. The van der Waals surface area contributed by atoms with Crippen LogP contribution in [-0.2, 0) is 11.3 Å². The summed E-state index contributed by atoms with van der Waals surface area (Å²) >= 11 is 2.98. The molecular weight excluding hydrogens is 286 g/mol. The minimum absolute atomic E-state index is 0.0152. The fourth-order valence-corrected chi connectivity index (χ4v) is 1.63. The number of hydrogen-bond acceptors (Lipinski definition) is 4. The number of methoxy groups -OCH3 is 1. The van der Waals surface area contributed by atoms with E-state index < -0.39 is 12.4 Å². The van der Waals surface area contributed by atoms with Crippen molar-refractivity contribution in [2.24, 2.45) is 5.73 Å². The molecule has 0 atom stereocenters. The highest BCUT2D eigenvalue weighted by Crippen LogP contribution is 2.27. The molecule has 7 heteroatoms. The lowest BCUT2D eigenvalue weighted by molar-refractivity contribution is 0.0591. The average molecular weight is 295 g/mol. The average Bonchev–Trinajstić information content (AvgIpc) is 2.27. The van der Waals surface area contributed by atoms with Crippen molar-refractivity contribution < 1.29 is 18.3 Å². The first-order valence-corrected chi connectivity index (χ1v) is 5.06. The first-order chi connectivity index (χ1) is 7.51. The van der Waals surface area contributed by atoms with Gasteiger partial charge in [-0.15, -0.1) is 0 Å². The minimum Gasteiger partial charge on any atom is -0.464 e. The lowest BCUT2D eigenvalue weighted by Crippen LogP contribution is -2.12. The van der Waals surface area contributed by atoms with Crippen LogP contribution < -0.4 is 5.73 Å². The summed E-state index contributed by atoms with van der Waals surface area (Å²) < 4.78 is 29.8. The molecule has 0 radical (unpaired) electrons. The SMILES string of the molecule is COC(=O)c1nc(CN)c(C(F)F)cc1Br. The molecule has 1 heterocycles. The number of carbonyl (C=O) groups excluding carboxylic acids is 1. The van der Waals surface area contributed by atoms with Crippen LogP contribution in [0.25, 0.3) is 0 Å². The molecule has 0 amide bonds. The van der Waals surface area contributed by atoms with E-state index in [1.165, 1.54) is 7.11 Å². The molecule has 0 aliphatic rings. The third-order valence-electron chi connectivity index (χ3n) is 1.90. The highest BCUT2D eigenvalue weighted by Gasteiger charge is 2.20. The van der Waals surface area contributed by atoms with Gasteiger partial charge in [0.15, 0.2) is 5.69 Å². The number of rotatable bonds is 3. The molecule has 4 nitrogen and oxygen atoms in total. The van der Waals surface area contributed by atoms with Gasteiger partial charge in [-0.05, 0) is 22.0 Å². The molecule has 1 aromatic rings. The number of aromatic nitrogens is 1. The molecule has 0 fully saturated rings. The standard InChI is InChI=1S/C9H9BrF2N2O2/c1-16-9(15)7-5(10)2-4(8(11)12)6(3-13)14-7/h2,8H,3,13H2,1H3. The quantitative estimate of drug-likeness (QED) is 0.866. The predicted octanol–water partition coefficient (Wildman–Crippen LogP) is 2.03. The minimum atomic E-state index is -2.69. The first kappa shape index (κ1) is 13.0. The topological polar surface area (TPSA) is 65.2 Å². The summed E-state index contributed by atoms with van der Waals surface area (Å²) in [6.07, 6.45) is -2.69. The Morgan fingerprint density at radius 2 is 2.31 bits per heavy atom. The van der Waals surface area contributed by atoms with E-state index in [-0.39, 0.29) is 28.0 Å². The lowest BCUT2D eigenvalue weighted by Gasteiger charge is -2.09. The monoisotopic (exact) mass is 294 g/mol. The summed E-state index contributed by atoms with van der Waals surface area (Å²) in [6.45, 7) is -0.170. The van der Waals surface area contributed by atoms with Crippen LogP contribution in [0.1, 0.15) is 28.2 Å². The van der Waals surface area contributed by atoms with E-state index >= 15 is 0 Å². The van der Waals surface area contributed by atoms with Crippen LogP contribution in [0.2, 0.25) is 0 Å². The smallest absolute Gasteiger partial charge is 0.357 e. The first-order valence-electron chi connectivity index (χ1n) is 4.27. The Morgan fingerprint density at radius 1 is 1.69 bits per heavy atom. The van der Waals surface area contributed by atoms with Gasteiger partial charge in [0.25, 0.3) is 6.43 Å². The van der Waals surface area contributed by atoms with Gasteiger partial charge in [0, 0.05) is 12.1 Å². The molecule has 0 saturated heterocycles. The van der Waals surface area contributed by atoms with Crippen LogP contribution in [-0.4, -0.2) is 18.1 Å². The molecule has 0 aliphatic heterocycles. The number of pyridine rings is 1. The van der Waals surface area contributed by atoms with Crippen LogP contribution >= 0.6 is 15.9 Å². The summed E-state index contributed by atoms with van der Waals surface area (Å²) in [5.41, 5.74) is 4.92. The van der Waals surface area contributed by atoms with E-state index in [9.17, 15) is 13.6 Å². The Morgan fingerprint density at radius 3 is 2.75 bits per heavy atom. The summed E-state index contributed by atoms with van der Waals surface area (Å²) in [6, 6.07) is 1.13. The van der Waals surface area contributed by atoms with Gasteiger partial charge in [-0.25, -0.2) is 18.6 Å². The maximum atomic E-state index is 12.6. The normalized spacial score (nSPS) is 10.6. The largest absolute Gasteiger partial charge is 0.464 e. The number of halogens is 3. The number of esters is 1. The fraction of sp³-hybridized carbons (Fsp3) is 0.333. The second-order valence-electron chi connectivity index (χ2n) is 2.85. The van der Waals surface area contributed by atoms with Crippen molar-refractivity contribution in [3.05, 3.63) is 27.5 Å². The highest BCUT2D eigenvalue weighted by molar-refractivity contribution is 9.10. The van der Waals surface area contributed by atoms with Crippen LogP contribution in [0.3, 0.4) is 0 Å². The van der Waals surface area contributed by atoms with Crippen molar-refractivity contribution in [3.8, 4) is 0 Å². The summed E-state index contributed by atoms with van der Waals surface area (Å²) in [4.78, 5) is 15.0. The van der Waals surface area contributed by atoms with Crippen molar-refractivity contribution in [3.63, 3.8) is 0 Å². The van der Waals surface area contributed by atoms with Gasteiger partial charge < -0.3 is 10.5 Å². The highest BCUT2D eigenvalue weighted by atomic mass is 79.9. The van der Waals surface area contributed by atoms with Crippen molar-refractivity contribution in [2.75, 3.05) is 7.11 Å². The van der Waals surface area contributed by atoms with E-state index in [0.29, 0.717) is 0 Å². The second-order valence-corrected chi connectivity index (χ2v) is 3.71. The zero-order chi connectivity index (χ0) is 12.3. The molecule has 0 aliphatic carbocycles.